The van der Waals surface area contributed by atoms with Crippen LogP contribution >= 0.6 is 0 Å². The van der Waals surface area contributed by atoms with Gasteiger partial charge in [-0.3, -0.25) is 15.0 Å². The SMILES string of the molecule is CCOc1cc(C(=O)NNS(=O)(=O)c2ccc(CCC(=O)O)cc2)cc(OCC)c1OCC. The van der Waals surface area contributed by atoms with Crippen LogP contribution in [-0.2, 0) is 21.2 Å². The van der Waals surface area contributed by atoms with Crippen molar-refractivity contribution >= 4 is 21.9 Å². The second-order valence-corrected chi connectivity index (χ2v) is 8.38. The molecule has 0 aliphatic heterocycles. The van der Waals surface area contributed by atoms with Gasteiger partial charge in [0.1, 0.15) is 0 Å². The third-order valence-corrected chi connectivity index (χ3v) is 5.59. The van der Waals surface area contributed by atoms with Gasteiger partial charge in [-0.1, -0.05) is 12.1 Å². The summed E-state index contributed by atoms with van der Waals surface area (Å²) in [6, 6.07) is 8.60. The number of hydrazine groups is 1. The van der Waals surface area contributed by atoms with Crippen LogP contribution in [0.5, 0.6) is 17.2 Å². The van der Waals surface area contributed by atoms with Gasteiger partial charge in [0, 0.05) is 12.0 Å². The summed E-state index contributed by atoms with van der Waals surface area (Å²) in [5.41, 5.74) is 2.97. The van der Waals surface area contributed by atoms with Gasteiger partial charge in [0.05, 0.1) is 24.7 Å². The summed E-state index contributed by atoms with van der Waals surface area (Å²) in [5, 5.41) is 8.74. The van der Waals surface area contributed by atoms with Gasteiger partial charge in [0.15, 0.2) is 11.5 Å². The molecule has 0 aromatic heterocycles. The number of benzene rings is 2. The molecule has 11 heteroatoms. The van der Waals surface area contributed by atoms with E-state index in [1.165, 1.54) is 36.4 Å². The zero-order valence-electron chi connectivity index (χ0n) is 18.7. The minimum atomic E-state index is -4.05. The fourth-order valence-electron chi connectivity index (χ4n) is 2.85. The van der Waals surface area contributed by atoms with Crippen molar-refractivity contribution in [3.63, 3.8) is 0 Å². The first kappa shape index (κ1) is 25.9. The molecule has 0 radical (unpaired) electrons. The molecule has 0 heterocycles. The van der Waals surface area contributed by atoms with E-state index in [4.69, 9.17) is 19.3 Å². The van der Waals surface area contributed by atoms with Crippen LogP contribution in [0.4, 0.5) is 0 Å². The number of hydrogen-bond acceptors (Lipinski definition) is 7. The van der Waals surface area contributed by atoms with Crippen LogP contribution in [0, 0.1) is 0 Å². The Bertz CT molecular complexity index is 1040. The number of nitrogens with one attached hydrogen (secondary N) is 2. The molecule has 33 heavy (non-hydrogen) atoms. The number of ether oxygens (including phenoxy) is 3. The highest BCUT2D eigenvalue weighted by Gasteiger charge is 2.20. The molecule has 180 valence electrons. The number of carbonyl (C=O) groups excluding carboxylic acids is 1. The number of carbonyl (C=O) groups is 2. The molecule has 0 fully saturated rings. The summed E-state index contributed by atoms with van der Waals surface area (Å²) >= 11 is 0. The molecule has 2 aromatic rings. The topological polar surface area (TPSA) is 140 Å². The van der Waals surface area contributed by atoms with Gasteiger partial charge in [-0.05, 0) is 57.0 Å². The van der Waals surface area contributed by atoms with Crippen molar-refractivity contribution in [1.29, 1.82) is 0 Å². The summed E-state index contributed by atoms with van der Waals surface area (Å²) in [6.45, 7) is 6.38. The van der Waals surface area contributed by atoms with E-state index in [-0.39, 0.29) is 23.3 Å². The lowest BCUT2D eigenvalue weighted by Gasteiger charge is -2.17. The summed E-state index contributed by atoms with van der Waals surface area (Å²) < 4.78 is 41.8. The van der Waals surface area contributed by atoms with Gasteiger partial charge in [-0.15, -0.1) is 4.83 Å². The van der Waals surface area contributed by atoms with E-state index in [1.807, 2.05) is 0 Å². The molecule has 0 spiro atoms. The highest BCUT2D eigenvalue weighted by atomic mass is 32.2. The molecule has 0 aliphatic carbocycles. The van der Waals surface area contributed by atoms with Crippen LogP contribution in [0.1, 0.15) is 43.1 Å². The molecule has 0 unspecified atom stereocenters. The van der Waals surface area contributed by atoms with Gasteiger partial charge in [0.2, 0.25) is 5.75 Å². The number of aliphatic carboxylic acids is 1. The summed E-state index contributed by atoms with van der Waals surface area (Å²) in [4.78, 5) is 25.3. The Morgan fingerprint density at radius 1 is 0.909 bits per heavy atom. The predicted octanol–water partition coefficient (Wildman–Crippen LogP) is 2.52. The number of sulfonamides is 1. The maximum absolute atomic E-state index is 12.7. The third-order valence-electron chi connectivity index (χ3n) is 4.33. The first-order valence-electron chi connectivity index (χ1n) is 10.4. The van der Waals surface area contributed by atoms with Crippen LogP contribution in [0.3, 0.4) is 0 Å². The largest absolute Gasteiger partial charge is 0.490 e. The summed E-state index contributed by atoms with van der Waals surface area (Å²) in [7, 11) is -4.05. The molecular formula is C22H28N2O8S. The minimum Gasteiger partial charge on any atom is -0.490 e. The number of rotatable bonds is 13. The zero-order chi connectivity index (χ0) is 24.4. The monoisotopic (exact) mass is 480 g/mol. The fourth-order valence-corrected chi connectivity index (χ4v) is 3.69. The van der Waals surface area contributed by atoms with Crippen molar-refractivity contribution in [2.24, 2.45) is 0 Å². The van der Waals surface area contributed by atoms with Crippen molar-refractivity contribution in [3.8, 4) is 17.2 Å². The van der Waals surface area contributed by atoms with Crippen molar-refractivity contribution < 1.29 is 37.3 Å². The first-order chi connectivity index (χ1) is 15.7. The van der Waals surface area contributed by atoms with Crippen molar-refractivity contribution in [1.82, 2.24) is 10.3 Å². The highest BCUT2D eigenvalue weighted by Crippen LogP contribution is 2.39. The van der Waals surface area contributed by atoms with E-state index in [9.17, 15) is 18.0 Å². The average molecular weight is 481 g/mol. The van der Waals surface area contributed by atoms with Crippen LogP contribution in [0.15, 0.2) is 41.3 Å². The minimum absolute atomic E-state index is 0.0596. The van der Waals surface area contributed by atoms with E-state index < -0.39 is 21.9 Å². The maximum atomic E-state index is 12.7. The summed E-state index contributed by atoms with van der Waals surface area (Å²) in [6.07, 6.45) is 0.220. The quantitative estimate of drug-likeness (QED) is 0.372. The second-order valence-electron chi connectivity index (χ2n) is 6.70. The van der Waals surface area contributed by atoms with Crippen LogP contribution in [0.2, 0.25) is 0 Å². The first-order valence-corrected chi connectivity index (χ1v) is 11.9. The highest BCUT2D eigenvalue weighted by molar-refractivity contribution is 7.89. The van der Waals surface area contributed by atoms with Gasteiger partial charge in [0.25, 0.3) is 15.9 Å². The van der Waals surface area contributed by atoms with E-state index in [0.717, 1.165) is 0 Å². The molecule has 2 aromatic carbocycles. The van der Waals surface area contributed by atoms with E-state index >= 15 is 0 Å². The Kier molecular flexibility index (Phi) is 9.49. The number of carboxylic acid groups (broad SMARTS) is 1. The lowest BCUT2D eigenvalue weighted by Crippen LogP contribution is -2.41. The number of hydrogen-bond donors (Lipinski definition) is 3. The molecule has 10 nitrogen and oxygen atoms in total. The maximum Gasteiger partial charge on any atom is 0.303 e. The van der Waals surface area contributed by atoms with Gasteiger partial charge >= 0.3 is 5.97 Å². The molecule has 0 saturated carbocycles. The van der Waals surface area contributed by atoms with Crippen molar-refractivity contribution in [2.45, 2.75) is 38.5 Å². The molecule has 0 aliphatic rings. The van der Waals surface area contributed by atoms with Crippen LogP contribution < -0.4 is 24.5 Å². The molecule has 0 bridgehead atoms. The Morgan fingerprint density at radius 3 is 1.94 bits per heavy atom. The van der Waals surface area contributed by atoms with E-state index in [1.54, 1.807) is 20.8 Å². The third kappa shape index (κ3) is 7.36. The zero-order valence-corrected chi connectivity index (χ0v) is 19.5. The predicted molar refractivity (Wildman–Crippen MR) is 120 cm³/mol. The smallest absolute Gasteiger partial charge is 0.303 e. The number of aryl methyl sites for hydroxylation is 1. The average Bonchev–Trinajstić information content (AvgIpc) is 2.78. The van der Waals surface area contributed by atoms with Crippen LogP contribution in [0.25, 0.3) is 0 Å². The molecule has 3 N–H and O–H groups in total. The Hall–Kier alpha value is -3.31. The lowest BCUT2D eigenvalue weighted by atomic mass is 10.1. The molecule has 0 saturated heterocycles. The number of amides is 1. The van der Waals surface area contributed by atoms with E-state index in [0.29, 0.717) is 42.6 Å². The Labute approximate surface area is 192 Å². The fraction of sp³-hybridized carbons (Fsp3) is 0.364. The summed E-state index contributed by atoms with van der Waals surface area (Å²) in [5.74, 6) is -0.696. The van der Waals surface area contributed by atoms with Crippen molar-refractivity contribution in [2.75, 3.05) is 19.8 Å². The molecule has 0 atom stereocenters. The molecule has 2 rings (SSSR count). The Morgan fingerprint density at radius 2 is 1.45 bits per heavy atom. The van der Waals surface area contributed by atoms with Crippen molar-refractivity contribution in [3.05, 3.63) is 47.5 Å². The van der Waals surface area contributed by atoms with Crippen LogP contribution in [-0.4, -0.2) is 45.2 Å². The number of carboxylic acids is 1. The Balaban J connectivity index is 2.17. The second kappa shape index (κ2) is 12.1. The van der Waals surface area contributed by atoms with Gasteiger partial charge in [-0.25, -0.2) is 8.42 Å². The van der Waals surface area contributed by atoms with Gasteiger partial charge < -0.3 is 19.3 Å². The lowest BCUT2D eigenvalue weighted by molar-refractivity contribution is -0.136. The van der Waals surface area contributed by atoms with E-state index in [2.05, 4.69) is 10.3 Å². The molecular weight excluding hydrogens is 452 g/mol. The van der Waals surface area contributed by atoms with Gasteiger partial charge in [-0.2, -0.15) is 0 Å². The molecule has 1 amide bonds. The standard InChI is InChI=1S/C22H28N2O8S/c1-4-30-18-13-16(14-19(31-5-2)21(18)32-6-3)22(27)23-24-33(28,29)17-10-7-15(8-11-17)9-12-20(25)26/h7-8,10-11,13-14,24H,4-6,9,12H2,1-3H3,(H,23,27)(H,25,26). The normalized spacial score (nSPS) is 11.0.